The van der Waals surface area contributed by atoms with Crippen LogP contribution in [-0.2, 0) is 0 Å². The maximum absolute atomic E-state index is 8.99. The van der Waals surface area contributed by atoms with Gasteiger partial charge >= 0.3 is 0 Å². The van der Waals surface area contributed by atoms with Crippen LogP contribution in [0, 0.1) is 11.3 Å². The lowest BCUT2D eigenvalue weighted by molar-refractivity contribution is 0.715. The van der Waals surface area contributed by atoms with Gasteiger partial charge in [-0.05, 0) is 25.4 Å². The average molecular weight is 274 g/mol. The molecule has 1 aromatic heterocycles. The fourth-order valence-electron chi connectivity index (χ4n) is 1.43. The average Bonchev–Trinajstić information content (AvgIpc) is 2.38. The molecule has 0 unspecified atom stereocenters. The summed E-state index contributed by atoms with van der Waals surface area (Å²) < 4.78 is 0. The van der Waals surface area contributed by atoms with E-state index in [2.05, 4.69) is 26.3 Å². The van der Waals surface area contributed by atoms with Crippen molar-refractivity contribution in [1.82, 2.24) is 15.0 Å². The largest absolute Gasteiger partial charge is 0.336 e. The van der Waals surface area contributed by atoms with Crippen LogP contribution in [0.15, 0.2) is 30.3 Å². The first-order valence-corrected chi connectivity index (χ1v) is 6.04. The van der Waals surface area contributed by atoms with E-state index in [1.165, 1.54) is 0 Å². The van der Waals surface area contributed by atoms with Gasteiger partial charge in [0.25, 0.3) is 0 Å². The van der Waals surface area contributed by atoms with Gasteiger partial charge in [-0.2, -0.15) is 20.2 Å². The van der Waals surface area contributed by atoms with Gasteiger partial charge in [0.1, 0.15) is 5.54 Å². The Labute approximate surface area is 116 Å². The van der Waals surface area contributed by atoms with Crippen molar-refractivity contribution < 1.29 is 0 Å². The fraction of sp³-hybridized carbons (Fsp3) is 0.231. The lowest BCUT2D eigenvalue weighted by Crippen LogP contribution is -2.29. The summed E-state index contributed by atoms with van der Waals surface area (Å²) in [5, 5.41) is 12.0. The standard InChI is InChI=1S/C13H12ClN5/c1-13(2,8-15)19-12-17-10(16-11(14)18-12)9-6-4-3-5-7-9/h3-7H,1-2H3,(H,16,17,18,19). The molecule has 2 rings (SSSR count). The molecule has 1 heterocycles. The van der Waals surface area contributed by atoms with Crippen LogP contribution < -0.4 is 5.32 Å². The first-order chi connectivity index (χ1) is 9.00. The van der Waals surface area contributed by atoms with Crippen molar-refractivity contribution in [3.05, 3.63) is 35.6 Å². The molecule has 19 heavy (non-hydrogen) atoms. The van der Waals surface area contributed by atoms with E-state index in [1.54, 1.807) is 13.8 Å². The third kappa shape index (κ3) is 3.39. The lowest BCUT2D eigenvalue weighted by Gasteiger charge is -2.17. The van der Waals surface area contributed by atoms with Crippen LogP contribution in [0.5, 0.6) is 0 Å². The number of halogens is 1. The molecular weight excluding hydrogens is 262 g/mol. The maximum Gasteiger partial charge on any atom is 0.228 e. The molecule has 0 amide bonds. The molecule has 0 aliphatic carbocycles. The van der Waals surface area contributed by atoms with Gasteiger partial charge in [-0.15, -0.1) is 0 Å². The molecule has 0 spiro atoms. The fourth-order valence-corrected chi connectivity index (χ4v) is 1.59. The number of anilines is 1. The van der Waals surface area contributed by atoms with Crippen molar-refractivity contribution in [3.63, 3.8) is 0 Å². The van der Waals surface area contributed by atoms with Gasteiger partial charge in [-0.1, -0.05) is 30.3 Å². The normalized spacial score (nSPS) is 10.8. The Morgan fingerprint density at radius 3 is 2.47 bits per heavy atom. The van der Waals surface area contributed by atoms with E-state index in [0.717, 1.165) is 5.56 Å². The van der Waals surface area contributed by atoms with Crippen molar-refractivity contribution in [1.29, 1.82) is 5.26 Å². The molecule has 0 aliphatic heterocycles. The Morgan fingerprint density at radius 2 is 1.84 bits per heavy atom. The maximum atomic E-state index is 8.99. The summed E-state index contributed by atoms with van der Waals surface area (Å²) in [7, 11) is 0. The van der Waals surface area contributed by atoms with Crippen LogP contribution in [0.2, 0.25) is 5.28 Å². The van der Waals surface area contributed by atoms with Crippen molar-refractivity contribution in [2.24, 2.45) is 0 Å². The van der Waals surface area contributed by atoms with Crippen molar-refractivity contribution >= 4 is 17.5 Å². The minimum atomic E-state index is -0.779. The van der Waals surface area contributed by atoms with Gasteiger partial charge in [-0.25, -0.2) is 0 Å². The number of rotatable bonds is 3. The molecule has 1 aromatic carbocycles. The molecule has 0 radical (unpaired) electrons. The minimum Gasteiger partial charge on any atom is -0.336 e. The Balaban J connectivity index is 2.39. The van der Waals surface area contributed by atoms with E-state index < -0.39 is 5.54 Å². The number of nitriles is 1. The summed E-state index contributed by atoms with van der Waals surface area (Å²) in [5.41, 5.74) is 0.0585. The summed E-state index contributed by atoms with van der Waals surface area (Å²) in [6.07, 6.45) is 0. The molecule has 96 valence electrons. The zero-order valence-electron chi connectivity index (χ0n) is 10.6. The van der Waals surface area contributed by atoms with Gasteiger partial charge in [0.2, 0.25) is 11.2 Å². The second kappa shape index (κ2) is 5.21. The summed E-state index contributed by atoms with van der Waals surface area (Å²) >= 11 is 5.89. The topological polar surface area (TPSA) is 74.5 Å². The first-order valence-electron chi connectivity index (χ1n) is 5.66. The van der Waals surface area contributed by atoms with Crippen LogP contribution in [0.3, 0.4) is 0 Å². The van der Waals surface area contributed by atoms with Gasteiger partial charge in [0, 0.05) is 5.56 Å². The van der Waals surface area contributed by atoms with E-state index in [9.17, 15) is 0 Å². The highest BCUT2D eigenvalue weighted by molar-refractivity contribution is 6.28. The molecule has 0 atom stereocenters. The predicted octanol–water partition coefficient (Wildman–Crippen LogP) is 2.91. The van der Waals surface area contributed by atoms with Gasteiger partial charge in [0.15, 0.2) is 5.82 Å². The highest BCUT2D eigenvalue weighted by Gasteiger charge is 2.18. The van der Waals surface area contributed by atoms with Crippen LogP contribution in [0.4, 0.5) is 5.95 Å². The van der Waals surface area contributed by atoms with E-state index in [4.69, 9.17) is 16.9 Å². The quantitative estimate of drug-likeness (QED) is 0.931. The van der Waals surface area contributed by atoms with Crippen LogP contribution >= 0.6 is 11.6 Å². The smallest absolute Gasteiger partial charge is 0.228 e. The van der Waals surface area contributed by atoms with Crippen LogP contribution in [0.1, 0.15) is 13.8 Å². The lowest BCUT2D eigenvalue weighted by atomic mass is 10.1. The number of hydrogen-bond acceptors (Lipinski definition) is 5. The van der Waals surface area contributed by atoms with Gasteiger partial charge < -0.3 is 5.32 Å². The summed E-state index contributed by atoms with van der Waals surface area (Å²) in [5.74, 6) is 0.752. The van der Waals surface area contributed by atoms with Crippen molar-refractivity contribution in [2.45, 2.75) is 19.4 Å². The summed E-state index contributed by atoms with van der Waals surface area (Å²) in [6, 6.07) is 11.6. The zero-order valence-corrected chi connectivity index (χ0v) is 11.3. The number of aromatic nitrogens is 3. The minimum absolute atomic E-state index is 0.0880. The molecule has 0 aliphatic rings. The van der Waals surface area contributed by atoms with E-state index in [-0.39, 0.29) is 11.2 Å². The zero-order chi connectivity index (χ0) is 13.9. The molecular formula is C13H12ClN5. The molecule has 1 N–H and O–H groups in total. The third-order valence-electron chi connectivity index (χ3n) is 2.34. The molecule has 0 saturated carbocycles. The molecule has 2 aromatic rings. The molecule has 0 saturated heterocycles. The first kappa shape index (κ1) is 13.2. The second-order valence-electron chi connectivity index (χ2n) is 4.48. The van der Waals surface area contributed by atoms with Crippen LogP contribution in [-0.4, -0.2) is 20.5 Å². The molecule has 5 nitrogen and oxygen atoms in total. The van der Waals surface area contributed by atoms with Gasteiger partial charge in [0.05, 0.1) is 6.07 Å². The molecule has 0 bridgehead atoms. The highest BCUT2D eigenvalue weighted by atomic mass is 35.5. The monoisotopic (exact) mass is 273 g/mol. The van der Waals surface area contributed by atoms with Gasteiger partial charge in [-0.3, -0.25) is 0 Å². The Bertz CT molecular complexity index is 619. The van der Waals surface area contributed by atoms with E-state index in [0.29, 0.717) is 5.82 Å². The number of benzene rings is 1. The van der Waals surface area contributed by atoms with E-state index in [1.807, 2.05) is 30.3 Å². The van der Waals surface area contributed by atoms with E-state index >= 15 is 0 Å². The SMILES string of the molecule is CC(C)(C#N)Nc1nc(Cl)nc(-c2ccccc2)n1. The Morgan fingerprint density at radius 1 is 1.16 bits per heavy atom. The number of nitrogens with one attached hydrogen (secondary N) is 1. The second-order valence-corrected chi connectivity index (χ2v) is 4.82. The Kier molecular flexibility index (Phi) is 3.63. The third-order valence-corrected chi connectivity index (χ3v) is 2.51. The summed E-state index contributed by atoms with van der Waals surface area (Å²) in [4.78, 5) is 12.3. The summed E-state index contributed by atoms with van der Waals surface area (Å²) in [6.45, 7) is 3.46. The molecule has 0 fully saturated rings. The number of hydrogen-bond donors (Lipinski definition) is 1. The highest BCUT2D eigenvalue weighted by Crippen LogP contribution is 2.19. The Hall–Kier alpha value is -2.19. The predicted molar refractivity (Wildman–Crippen MR) is 73.6 cm³/mol. The number of nitrogens with zero attached hydrogens (tertiary/aromatic N) is 4. The molecule has 6 heteroatoms. The van der Waals surface area contributed by atoms with Crippen molar-refractivity contribution in [2.75, 3.05) is 5.32 Å². The van der Waals surface area contributed by atoms with Crippen molar-refractivity contribution in [3.8, 4) is 17.5 Å². The van der Waals surface area contributed by atoms with Crippen LogP contribution in [0.25, 0.3) is 11.4 Å².